The number of rotatable bonds is 5. The highest BCUT2D eigenvalue weighted by Gasteiger charge is 1.98. The second-order valence-corrected chi connectivity index (χ2v) is 4.77. The third-order valence-electron chi connectivity index (χ3n) is 1.62. The number of aryl methyl sites for hydroxylation is 1. The summed E-state index contributed by atoms with van der Waals surface area (Å²) in [6.07, 6.45) is 5.89. The largest absolute Gasteiger partial charge is 0.354 e. The van der Waals surface area contributed by atoms with Crippen LogP contribution in [0.1, 0.15) is 6.42 Å². The molecule has 0 atom stereocenters. The monoisotopic (exact) mass is 202 g/mol. The number of aromatic nitrogens is 1. The lowest BCUT2D eigenvalue weighted by Gasteiger charge is -2.03. The van der Waals surface area contributed by atoms with Gasteiger partial charge >= 0.3 is 0 Å². The summed E-state index contributed by atoms with van der Waals surface area (Å²) >= 11 is 0. The first-order chi connectivity index (χ1) is 6.08. The topological polar surface area (TPSA) is 51.1 Å². The smallest absolute Gasteiger partial charge is 0.208 e. The standard InChI is InChI=1S/C8H14N2O2S/c1-13(11,12)9-5-4-8-10-6-2-3-7-10/h2-3,6-7,9H,4-5,8H2,1H3. The van der Waals surface area contributed by atoms with Crippen molar-refractivity contribution in [1.82, 2.24) is 9.29 Å². The Morgan fingerprint density at radius 2 is 1.92 bits per heavy atom. The van der Waals surface area contributed by atoms with Crippen molar-refractivity contribution < 1.29 is 8.42 Å². The van der Waals surface area contributed by atoms with E-state index in [0.29, 0.717) is 6.54 Å². The van der Waals surface area contributed by atoms with E-state index in [-0.39, 0.29) is 0 Å². The highest BCUT2D eigenvalue weighted by atomic mass is 32.2. The van der Waals surface area contributed by atoms with Crippen molar-refractivity contribution in [3.05, 3.63) is 24.5 Å². The summed E-state index contributed by atoms with van der Waals surface area (Å²) in [6.45, 7) is 1.34. The van der Waals surface area contributed by atoms with Crippen molar-refractivity contribution in [2.45, 2.75) is 13.0 Å². The van der Waals surface area contributed by atoms with Gasteiger partial charge in [-0.1, -0.05) is 0 Å². The Labute approximate surface area is 78.6 Å². The zero-order valence-corrected chi connectivity index (χ0v) is 8.42. The van der Waals surface area contributed by atoms with Gasteiger partial charge < -0.3 is 4.57 Å². The summed E-state index contributed by atoms with van der Waals surface area (Å²) in [5.74, 6) is 0. The van der Waals surface area contributed by atoms with Crippen LogP contribution < -0.4 is 4.72 Å². The molecule has 74 valence electrons. The Balaban J connectivity index is 2.16. The summed E-state index contributed by atoms with van der Waals surface area (Å²) in [5, 5.41) is 0. The average molecular weight is 202 g/mol. The molecule has 0 aliphatic heterocycles. The minimum absolute atomic E-state index is 0.497. The fourth-order valence-corrected chi connectivity index (χ4v) is 1.55. The minimum atomic E-state index is -3.02. The predicted molar refractivity (Wildman–Crippen MR) is 51.9 cm³/mol. The fourth-order valence-electron chi connectivity index (χ4n) is 1.04. The molecule has 0 aliphatic carbocycles. The molecule has 0 unspecified atom stereocenters. The van der Waals surface area contributed by atoms with Crippen LogP contribution >= 0.6 is 0 Å². The predicted octanol–water partition coefficient (Wildman–Crippen LogP) is 0.427. The average Bonchev–Trinajstić information content (AvgIpc) is 2.48. The maximum absolute atomic E-state index is 10.7. The molecule has 4 nitrogen and oxygen atoms in total. The molecule has 0 bridgehead atoms. The van der Waals surface area contributed by atoms with Crippen molar-refractivity contribution in [3.8, 4) is 0 Å². The molecule has 0 saturated heterocycles. The Morgan fingerprint density at radius 3 is 2.46 bits per heavy atom. The molecule has 5 heteroatoms. The quantitative estimate of drug-likeness (QED) is 0.704. The summed E-state index contributed by atoms with van der Waals surface area (Å²) in [6, 6.07) is 3.90. The summed E-state index contributed by atoms with van der Waals surface area (Å²) in [7, 11) is -3.02. The molecule has 1 heterocycles. The zero-order chi connectivity index (χ0) is 9.73. The lowest BCUT2D eigenvalue weighted by Crippen LogP contribution is -2.23. The van der Waals surface area contributed by atoms with Crippen LogP contribution in [-0.2, 0) is 16.6 Å². The Hall–Kier alpha value is -0.810. The van der Waals surface area contributed by atoms with Gasteiger partial charge in [-0.2, -0.15) is 0 Å². The maximum atomic E-state index is 10.7. The fraction of sp³-hybridized carbons (Fsp3) is 0.500. The molecule has 13 heavy (non-hydrogen) atoms. The molecular formula is C8H14N2O2S. The molecule has 0 saturated carbocycles. The van der Waals surface area contributed by atoms with Crippen LogP contribution in [0.2, 0.25) is 0 Å². The van der Waals surface area contributed by atoms with Crippen LogP contribution in [0.15, 0.2) is 24.5 Å². The molecule has 1 rings (SSSR count). The molecule has 0 spiro atoms. The van der Waals surface area contributed by atoms with Gasteiger partial charge in [0.2, 0.25) is 10.0 Å². The van der Waals surface area contributed by atoms with E-state index in [4.69, 9.17) is 0 Å². The Morgan fingerprint density at radius 1 is 1.31 bits per heavy atom. The van der Waals surface area contributed by atoms with Crippen LogP contribution in [0.25, 0.3) is 0 Å². The SMILES string of the molecule is CS(=O)(=O)NCCCn1cccc1. The molecule has 1 N–H and O–H groups in total. The lowest BCUT2D eigenvalue weighted by atomic mass is 10.4. The summed E-state index contributed by atoms with van der Waals surface area (Å²) in [4.78, 5) is 0. The molecule has 1 aromatic rings. The van der Waals surface area contributed by atoms with Crippen LogP contribution in [0, 0.1) is 0 Å². The highest BCUT2D eigenvalue weighted by Crippen LogP contribution is 1.92. The van der Waals surface area contributed by atoms with E-state index >= 15 is 0 Å². The number of sulfonamides is 1. The van der Waals surface area contributed by atoms with Gasteiger partial charge in [0, 0.05) is 25.5 Å². The number of hydrogen-bond donors (Lipinski definition) is 1. The van der Waals surface area contributed by atoms with Gasteiger partial charge in [0.15, 0.2) is 0 Å². The first-order valence-corrected chi connectivity index (χ1v) is 6.02. The highest BCUT2D eigenvalue weighted by molar-refractivity contribution is 7.88. The van der Waals surface area contributed by atoms with E-state index in [1.807, 2.05) is 29.1 Å². The van der Waals surface area contributed by atoms with E-state index < -0.39 is 10.0 Å². The van der Waals surface area contributed by atoms with Crippen molar-refractivity contribution in [2.24, 2.45) is 0 Å². The van der Waals surface area contributed by atoms with Gasteiger partial charge in [0.1, 0.15) is 0 Å². The minimum Gasteiger partial charge on any atom is -0.354 e. The van der Waals surface area contributed by atoms with Crippen LogP contribution in [0.3, 0.4) is 0 Å². The van der Waals surface area contributed by atoms with Crippen molar-refractivity contribution in [2.75, 3.05) is 12.8 Å². The third kappa shape index (κ3) is 4.69. The maximum Gasteiger partial charge on any atom is 0.208 e. The Kier molecular flexibility index (Phi) is 3.50. The molecule has 0 amide bonds. The number of nitrogens with one attached hydrogen (secondary N) is 1. The van der Waals surface area contributed by atoms with E-state index in [2.05, 4.69) is 4.72 Å². The van der Waals surface area contributed by atoms with Gasteiger partial charge in [-0.25, -0.2) is 13.1 Å². The lowest BCUT2D eigenvalue weighted by molar-refractivity contribution is 0.575. The van der Waals surface area contributed by atoms with E-state index in [0.717, 1.165) is 13.0 Å². The molecule has 0 radical (unpaired) electrons. The second-order valence-electron chi connectivity index (χ2n) is 2.94. The van der Waals surface area contributed by atoms with E-state index in [1.54, 1.807) is 0 Å². The van der Waals surface area contributed by atoms with Crippen LogP contribution in [0.5, 0.6) is 0 Å². The first kappa shape index (κ1) is 10.3. The molecule has 0 fully saturated rings. The van der Waals surface area contributed by atoms with Crippen molar-refractivity contribution in [1.29, 1.82) is 0 Å². The molecule has 0 aromatic carbocycles. The van der Waals surface area contributed by atoms with Crippen LogP contribution in [0.4, 0.5) is 0 Å². The van der Waals surface area contributed by atoms with E-state index in [1.165, 1.54) is 6.26 Å². The number of nitrogens with zero attached hydrogens (tertiary/aromatic N) is 1. The summed E-state index contributed by atoms with van der Waals surface area (Å²) < 4.78 is 25.8. The summed E-state index contributed by atoms with van der Waals surface area (Å²) in [5.41, 5.74) is 0. The number of hydrogen-bond acceptors (Lipinski definition) is 2. The van der Waals surface area contributed by atoms with Crippen molar-refractivity contribution in [3.63, 3.8) is 0 Å². The van der Waals surface area contributed by atoms with Gasteiger partial charge in [-0.15, -0.1) is 0 Å². The molecule has 0 aliphatic rings. The second kappa shape index (κ2) is 4.43. The van der Waals surface area contributed by atoms with Gasteiger partial charge in [-0.3, -0.25) is 0 Å². The third-order valence-corrected chi connectivity index (χ3v) is 2.35. The van der Waals surface area contributed by atoms with Gasteiger partial charge in [-0.05, 0) is 18.6 Å². The van der Waals surface area contributed by atoms with Gasteiger partial charge in [0.25, 0.3) is 0 Å². The van der Waals surface area contributed by atoms with E-state index in [9.17, 15) is 8.42 Å². The first-order valence-electron chi connectivity index (χ1n) is 4.13. The van der Waals surface area contributed by atoms with Crippen molar-refractivity contribution >= 4 is 10.0 Å². The normalized spacial score (nSPS) is 11.8. The van der Waals surface area contributed by atoms with Crippen LogP contribution in [-0.4, -0.2) is 25.8 Å². The Bertz CT molecular complexity index is 329. The van der Waals surface area contributed by atoms with Gasteiger partial charge in [0.05, 0.1) is 6.26 Å². The molecule has 1 aromatic heterocycles. The molecular weight excluding hydrogens is 188 g/mol. The zero-order valence-electron chi connectivity index (χ0n) is 7.60.